The molecule has 0 fully saturated rings. The van der Waals surface area contributed by atoms with Crippen LogP contribution in [0.25, 0.3) is 22.4 Å². The van der Waals surface area contributed by atoms with E-state index in [4.69, 9.17) is 5.11 Å². The van der Waals surface area contributed by atoms with Crippen LogP contribution in [0.3, 0.4) is 0 Å². The van der Waals surface area contributed by atoms with Crippen LogP contribution in [0.1, 0.15) is 5.69 Å². The molecule has 0 saturated heterocycles. The molecule has 0 radical (unpaired) electrons. The summed E-state index contributed by atoms with van der Waals surface area (Å²) in [5.74, 6) is 1.52. The largest absolute Gasteiger partial charge is 0.395 e. The lowest BCUT2D eigenvalue weighted by Gasteiger charge is -2.18. The summed E-state index contributed by atoms with van der Waals surface area (Å²) >= 11 is 0. The third kappa shape index (κ3) is 2.60. The lowest BCUT2D eigenvalue weighted by Crippen LogP contribution is -2.22. The molecule has 0 saturated carbocycles. The molecule has 21 heavy (non-hydrogen) atoms. The van der Waals surface area contributed by atoms with Crippen molar-refractivity contribution in [1.82, 2.24) is 15.0 Å². The van der Waals surface area contributed by atoms with E-state index in [0.29, 0.717) is 12.4 Å². The maximum Gasteiger partial charge on any atom is 0.163 e. The van der Waals surface area contributed by atoms with Gasteiger partial charge in [0.2, 0.25) is 0 Å². The van der Waals surface area contributed by atoms with E-state index in [2.05, 4.69) is 15.0 Å². The Bertz CT molecular complexity index is 752. The van der Waals surface area contributed by atoms with Crippen LogP contribution >= 0.6 is 0 Å². The third-order valence-corrected chi connectivity index (χ3v) is 3.43. The van der Waals surface area contributed by atoms with E-state index in [-0.39, 0.29) is 6.61 Å². The number of hydrogen-bond acceptors (Lipinski definition) is 4. The van der Waals surface area contributed by atoms with Gasteiger partial charge in [-0.15, -0.1) is 0 Å². The zero-order valence-corrected chi connectivity index (χ0v) is 12.2. The number of fused-ring (bicyclic) bond motifs is 1. The minimum atomic E-state index is 0.0894. The molecule has 3 rings (SSSR count). The highest BCUT2D eigenvalue weighted by molar-refractivity contribution is 5.89. The van der Waals surface area contributed by atoms with Gasteiger partial charge in [-0.1, -0.05) is 30.3 Å². The van der Waals surface area contributed by atoms with Crippen LogP contribution in [0.5, 0.6) is 0 Å². The van der Waals surface area contributed by atoms with Crippen molar-refractivity contribution >= 4 is 16.9 Å². The van der Waals surface area contributed by atoms with Crippen molar-refractivity contribution in [2.24, 2.45) is 0 Å². The maximum absolute atomic E-state index is 9.17. The number of aliphatic hydroxyl groups excluding tert-OH is 1. The van der Waals surface area contributed by atoms with Crippen molar-refractivity contribution in [2.75, 3.05) is 25.1 Å². The fourth-order valence-electron chi connectivity index (χ4n) is 2.39. The topological polar surface area (TPSA) is 65.0 Å². The van der Waals surface area contributed by atoms with E-state index >= 15 is 0 Å². The maximum atomic E-state index is 9.17. The Balaban J connectivity index is 2.19. The van der Waals surface area contributed by atoms with Crippen LogP contribution in [0.4, 0.5) is 5.82 Å². The third-order valence-electron chi connectivity index (χ3n) is 3.43. The van der Waals surface area contributed by atoms with E-state index in [1.54, 1.807) is 0 Å². The van der Waals surface area contributed by atoms with Crippen molar-refractivity contribution in [3.63, 3.8) is 0 Å². The van der Waals surface area contributed by atoms with Gasteiger partial charge in [-0.3, -0.25) is 0 Å². The molecule has 5 heteroatoms. The predicted molar refractivity (Wildman–Crippen MR) is 84.4 cm³/mol. The summed E-state index contributed by atoms with van der Waals surface area (Å²) in [6.07, 6.45) is 0. The molecule has 5 nitrogen and oxygen atoms in total. The Kier molecular flexibility index (Phi) is 3.58. The van der Waals surface area contributed by atoms with Crippen LogP contribution in [0, 0.1) is 6.92 Å². The molecule has 3 aromatic rings. The molecule has 1 aromatic carbocycles. The molecular weight excluding hydrogens is 264 g/mol. The highest BCUT2D eigenvalue weighted by Crippen LogP contribution is 2.27. The number of likely N-dealkylation sites (N-methyl/N-ethyl adjacent to an activating group) is 1. The summed E-state index contributed by atoms with van der Waals surface area (Å²) in [5, 5.41) is 10.1. The Labute approximate surface area is 123 Å². The van der Waals surface area contributed by atoms with Crippen molar-refractivity contribution in [3.8, 4) is 11.4 Å². The summed E-state index contributed by atoms with van der Waals surface area (Å²) in [5.41, 5.74) is 2.84. The van der Waals surface area contributed by atoms with Crippen LogP contribution in [-0.4, -0.2) is 40.3 Å². The quantitative estimate of drug-likeness (QED) is 0.771. The fourth-order valence-corrected chi connectivity index (χ4v) is 2.39. The number of anilines is 1. The van der Waals surface area contributed by atoms with Gasteiger partial charge < -0.3 is 15.0 Å². The standard InChI is InChI=1S/C16H18N4O/c1-11-10-13-15(17-11)18-14(12-6-4-3-5-7-12)19-16(13)20(2)8-9-21/h3-7,10,21H,8-9H2,1-2H3,(H,17,18,19). The summed E-state index contributed by atoms with van der Waals surface area (Å²) < 4.78 is 0. The van der Waals surface area contributed by atoms with Crippen molar-refractivity contribution in [1.29, 1.82) is 0 Å². The average Bonchev–Trinajstić information content (AvgIpc) is 2.87. The fraction of sp³-hybridized carbons (Fsp3) is 0.250. The number of rotatable bonds is 4. The highest BCUT2D eigenvalue weighted by atomic mass is 16.3. The molecule has 0 aliphatic carbocycles. The van der Waals surface area contributed by atoms with Gasteiger partial charge in [-0.25, -0.2) is 9.97 Å². The Morgan fingerprint density at radius 2 is 1.95 bits per heavy atom. The first kappa shape index (κ1) is 13.6. The molecular formula is C16H18N4O. The van der Waals surface area contributed by atoms with Gasteiger partial charge in [0.25, 0.3) is 0 Å². The second kappa shape index (κ2) is 5.54. The molecule has 2 N–H and O–H groups in total. The van der Waals surface area contributed by atoms with Gasteiger partial charge in [0.05, 0.1) is 12.0 Å². The molecule has 2 aromatic heterocycles. The molecule has 0 aliphatic rings. The van der Waals surface area contributed by atoms with Gasteiger partial charge in [0.15, 0.2) is 5.82 Å². The number of aromatic amines is 1. The van der Waals surface area contributed by atoms with E-state index in [0.717, 1.165) is 28.1 Å². The molecule has 0 aliphatic heterocycles. The number of aryl methyl sites for hydroxylation is 1. The Hall–Kier alpha value is -2.40. The first-order valence-corrected chi connectivity index (χ1v) is 6.94. The first-order chi connectivity index (χ1) is 10.2. The molecule has 0 unspecified atom stereocenters. The van der Waals surface area contributed by atoms with E-state index in [1.807, 2.05) is 55.3 Å². The van der Waals surface area contributed by atoms with Gasteiger partial charge in [0, 0.05) is 24.8 Å². The summed E-state index contributed by atoms with van der Waals surface area (Å²) in [7, 11) is 1.93. The zero-order chi connectivity index (χ0) is 14.8. The summed E-state index contributed by atoms with van der Waals surface area (Å²) in [6.45, 7) is 2.62. The second-order valence-electron chi connectivity index (χ2n) is 5.10. The van der Waals surface area contributed by atoms with E-state index in [9.17, 15) is 0 Å². The van der Waals surface area contributed by atoms with Crippen LogP contribution < -0.4 is 4.90 Å². The van der Waals surface area contributed by atoms with Crippen molar-refractivity contribution in [3.05, 3.63) is 42.1 Å². The lowest BCUT2D eigenvalue weighted by atomic mass is 10.2. The molecule has 0 atom stereocenters. The number of H-pyrrole nitrogens is 1. The monoisotopic (exact) mass is 282 g/mol. The number of benzene rings is 1. The SMILES string of the molecule is Cc1cc2c(N(C)CCO)nc(-c3ccccc3)nc2[nH]1. The van der Waals surface area contributed by atoms with E-state index in [1.165, 1.54) is 0 Å². The van der Waals surface area contributed by atoms with Crippen LogP contribution in [0.2, 0.25) is 0 Å². The molecule has 0 bridgehead atoms. The average molecular weight is 282 g/mol. The number of hydrogen-bond donors (Lipinski definition) is 2. The minimum Gasteiger partial charge on any atom is -0.395 e. The van der Waals surface area contributed by atoms with E-state index < -0.39 is 0 Å². The normalized spacial score (nSPS) is 11.0. The van der Waals surface area contributed by atoms with Crippen LogP contribution in [-0.2, 0) is 0 Å². The smallest absolute Gasteiger partial charge is 0.163 e. The number of aliphatic hydroxyl groups is 1. The summed E-state index contributed by atoms with van der Waals surface area (Å²) in [4.78, 5) is 14.5. The minimum absolute atomic E-state index is 0.0894. The first-order valence-electron chi connectivity index (χ1n) is 6.94. The Morgan fingerprint density at radius 3 is 2.67 bits per heavy atom. The number of nitrogens with zero attached hydrogens (tertiary/aromatic N) is 3. The van der Waals surface area contributed by atoms with Crippen LogP contribution in [0.15, 0.2) is 36.4 Å². The molecule has 0 spiro atoms. The second-order valence-corrected chi connectivity index (χ2v) is 5.10. The predicted octanol–water partition coefficient (Wildman–Crippen LogP) is 2.36. The molecule has 2 heterocycles. The highest BCUT2D eigenvalue weighted by Gasteiger charge is 2.14. The molecule has 0 amide bonds. The van der Waals surface area contributed by atoms with Crippen molar-refractivity contribution in [2.45, 2.75) is 6.92 Å². The summed E-state index contributed by atoms with van der Waals surface area (Å²) in [6, 6.07) is 11.9. The van der Waals surface area contributed by atoms with Gasteiger partial charge in [-0.2, -0.15) is 0 Å². The lowest BCUT2D eigenvalue weighted by molar-refractivity contribution is 0.304. The zero-order valence-electron chi connectivity index (χ0n) is 12.2. The number of aromatic nitrogens is 3. The number of nitrogens with one attached hydrogen (secondary N) is 1. The Morgan fingerprint density at radius 1 is 1.19 bits per heavy atom. The van der Waals surface area contributed by atoms with Gasteiger partial charge >= 0.3 is 0 Å². The van der Waals surface area contributed by atoms with Gasteiger partial charge in [-0.05, 0) is 13.0 Å². The van der Waals surface area contributed by atoms with Gasteiger partial charge in [0.1, 0.15) is 11.5 Å². The molecule has 108 valence electrons. The van der Waals surface area contributed by atoms with Crippen molar-refractivity contribution < 1.29 is 5.11 Å².